The van der Waals surface area contributed by atoms with E-state index in [0.29, 0.717) is 5.56 Å². The average Bonchev–Trinajstić information content (AvgIpc) is 2.95. The van der Waals surface area contributed by atoms with Gasteiger partial charge >= 0.3 is 5.82 Å². The molecule has 1 aromatic heterocycles. The minimum Gasteiger partial charge on any atom is -0.387 e. The van der Waals surface area contributed by atoms with Crippen LogP contribution in [0.15, 0.2) is 42.5 Å². The highest BCUT2D eigenvalue weighted by molar-refractivity contribution is 5.92. The molecule has 0 radical (unpaired) electrons. The van der Waals surface area contributed by atoms with Crippen LogP contribution in [0.25, 0.3) is 0 Å². The monoisotopic (exact) mass is 275 g/mol. The maximum Gasteiger partial charge on any atom is 0.321 e. The number of amides is 1. The number of aromatic nitrogens is 1. The van der Waals surface area contributed by atoms with Gasteiger partial charge in [-0.3, -0.25) is 4.79 Å². The fraction of sp³-hybridized carbons (Fsp3) is 0.154. The van der Waals surface area contributed by atoms with E-state index in [1.54, 1.807) is 24.3 Å². The van der Waals surface area contributed by atoms with Crippen LogP contribution in [0.4, 0.5) is 5.82 Å². The number of H-pyrrole nitrogens is 1. The van der Waals surface area contributed by atoms with Gasteiger partial charge in [-0.1, -0.05) is 30.3 Å². The second kappa shape index (κ2) is 5.98. The van der Waals surface area contributed by atoms with Gasteiger partial charge in [0.2, 0.25) is 0 Å². The van der Waals surface area contributed by atoms with Crippen LogP contribution in [0.2, 0.25) is 0 Å². The van der Waals surface area contributed by atoms with Crippen LogP contribution >= 0.6 is 0 Å². The maximum atomic E-state index is 11.7. The van der Waals surface area contributed by atoms with E-state index in [0.717, 1.165) is 0 Å². The Morgan fingerprint density at radius 2 is 2.00 bits per heavy atom. The first-order chi connectivity index (χ1) is 9.58. The van der Waals surface area contributed by atoms with Crippen molar-refractivity contribution in [3.8, 4) is 0 Å². The molecular weight excluding hydrogens is 262 g/mol. The predicted molar refractivity (Wildman–Crippen MR) is 71.2 cm³/mol. The summed E-state index contributed by atoms with van der Waals surface area (Å²) in [7, 11) is 0. The summed E-state index contributed by atoms with van der Waals surface area (Å²) in [6, 6.07) is 11.4. The Kier molecular flexibility index (Phi) is 4.11. The topological polar surface area (TPSA) is 108 Å². The Bertz CT molecular complexity index is 609. The molecule has 0 bridgehead atoms. The summed E-state index contributed by atoms with van der Waals surface area (Å²) in [6.07, 6.45) is -0.829. The summed E-state index contributed by atoms with van der Waals surface area (Å²) in [5.41, 5.74) is 0.766. The van der Waals surface area contributed by atoms with Crippen LogP contribution in [0.1, 0.15) is 22.2 Å². The van der Waals surface area contributed by atoms with Crippen molar-refractivity contribution in [1.29, 1.82) is 0 Å². The van der Waals surface area contributed by atoms with Crippen molar-refractivity contribution in [2.24, 2.45) is 0 Å². The molecule has 104 valence electrons. The number of aliphatic hydroxyl groups is 1. The van der Waals surface area contributed by atoms with Gasteiger partial charge < -0.3 is 20.5 Å². The van der Waals surface area contributed by atoms with Crippen LogP contribution in [0.3, 0.4) is 0 Å². The standard InChI is InChI=1S/C13H13N3O4/c17-11(9-4-2-1-3-5-9)8-14-13(18)10-6-7-12(15-10)16(19)20/h1-7,11,15,17H,8H2,(H,14,18). The third kappa shape index (κ3) is 3.21. The van der Waals surface area contributed by atoms with Gasteiger partial charge in [-0.05, 0) is 16.6 Å². The van der Waals surface area contributed by atoms with Gasteiger partial charge in [0.1, 0.15) is 0 Å². The second-order valence-electron chi connectivity index (χ2n) is 4.15. The summed E-state index contributed by atoms with van der Waals surface area (Å²) in [5, 5.41) is 22.9. The van der Waals surface area contributed by atoms with Crippen molar-refractivity contribution in [2.75, 3.05) is 6.54 Å². The number of aliphatic hydroxyl groups excluding tert-OH is 1. The molecule has 2 aromatic rings. The van der Waals surface area contributed by atoms with Crippen molar-refractivity contribution in [3.05, 3.63) is 63.8 Å². The quantitative estimate of drug-likeness (QED) is 0.566. The lowest BCUT2D eigenvalue weighted by atomic mass is 10.1. The molecule has 0 saturated heterocycles. The molecule has 3 N–H and O–H groups in total. The first-order valence-corrected chi connectivity index (χ1v) is 5.92. The van der Waals surface area contributed by atoms with Crippen LogP contribution in [-0.2, 0) is 0 Å². The normalized spacial score (nSPS) is 11.8. The van der Waals surface area contributed by atoms with Crippen molar-refractivity contribution in [2.45, 2.75) is 6.10 Å². The number of nitrogens with zero attached hydrogens (tertiary/aromatic N) is 1. The number of carbonyl (C=O) groups is 1. The lowest BCUT2D eigenvalue weighted by molar-refractivity contribution is -0.389. The maximum absolute atomic E-state index is 11.7. The van der Waals surface area contributed by atoms with E-state index >= 15 is 0 Å². The molecular formula is C13H13N3O4. The van der Waals surface area contributed by atoms with E-state index in [2.05, 4.69) is 10.3 Å². The number of nitro groups is 1. The van der Waals surface area contributed by atoms with Crippen LogP contribution in [0, 0.1) is 10.1 Å². The van der Waals surface area contributed by atoms with E-state index in [1.807, 2.05) is 6.07 Å². The molecule has 2 rings (SSSR count). The highest BCUT2D eigenvalue weighted by atomic mass is 16.6. The summed E-state index contributed by atoms with van der Waals surface area (Å²) < 4.78 is 0. The molecule has 1 amide bonds. The third-order valence-corrected chi connectivity index (χ3v) is 2.75. The molecule has 0 saturated carbocycles. The van der Waals surface area contributed by atoms with Gasteiger partial charge in [0.05, 0.1) is 6.10 Å². The van der Waals surface area contributed by atoms with Gasteiger partial charge in [-0.25, -0.2) is 4.98 Å². The lowest BCUT2D eigenvalue weighted by Gasteiger charge is -2.11. The highest BCUT2D eigenvalue weighted by Crippen LogP contribution is 2.12. The van der Waals surface area contributed by atoms with Crippen LogP contribution in [0.5, 0.6) is 0 Å². The van der Waals surface area contributed by atoms with Crippen LogP contribution < -0.4 is 5.32 Å². The molecule has 1 aromatic carbocycles. The van der Waals surface area contributed by atoms with Gasteiger partial charge in [0.25, 0.3) is 5.91 Å². The van der Waals surface area contributed by atoms with Gasteiger partial charge in [0, 0.05) is 12.6 Å². The molecule has 0 spiro atoms. The van der Waals surface area contributed by atoms with Crippen molar-refractivity contribution >= 4 is 11.7 Å². The first kappa shape index (κ1) is 13.8. The molecule has 1 heterocycles. The fourth-order valence-corrected chi connectivity index (χ4v) is 1.70. The van der Waals surface area contributed by atoms with E-state index in [9.17, 15) is 20.0 Å². The molecule has 0 aliphatic carbocycles. The number of rotatable bonds is 5. The Labute approximate surface area is 114 Å². The van der Waals surface area contributed by atoms with E-state index in [1.165, 1.54) is 12.1 Å². The Balaban J connectivity index is 1.93. The predicted octanol–water partition coefficient (Wildman–Crippen LogP) is 1.39. The lowest BCUT2D eigenvalue weighted by Crippen LogP contribution is -2.28. The largest absolute Gasteiger partial charge is 0.387 e. The number of hydrogen-bond acceptors (Lipinski definition) is 4. The van der Waals surface area contributed by atoms with E-state index < -0.39 is 16.9 Å². The molecule has 1 atom stereocenters. The minimum absolute atomic E-state index is 0.0235. The molecule has 7 nitrogen and oxygen atoms in total. The van der Waals surface area contributed by atoms with Crippen molar-refractivity contribution in [3.63, 3.8) is 0 Å². The molecule has 0 aliphatic rings. The van der Waals surface area contributed by atoms with Gasteiger partial charge in [-0.2, -0.15) is 0 Å². The smallest absolute Gasteiger partial charge is 0.321 e. The van der Waals surface area contributed by atoms with Gasteiger partial charge in [0.15, 0.2) is 5.69 Å². The van der Waals surface area contributed by atoms with E-state index in [4.69, 9.17) is 0 Å². The molecule has 0 aliphatic heterocycles. The molecule has 0 fully saturated rings. The zero-order valence-corrected chi connectivity index (χ0v) is 10.4. The SMILES string of the molecule is O=C(NCC(O)c1ccccc1)c1ccc([N+](=O)[O-])[nH]1. The number of nitrogens with one attached hydrogen (secondary N) is 2. The highest BCUT2D eigenvalue weighted by Gasteiger charge is 2.16. The Morgan fingerprint density at radius 1 is 1.30 bits per heavy atom. The van der Waals surface area contributed by atoms with Crippen molar-refractivity contribution in [1.82, 2.24) is 10.3 Å². The van der Waals surface area contributed by atoms with Crippen molar-refractivity contribution < 1.29 is 14.8 Å². The fourth-order valence-electron chi connectivity index (χ4n) is 1.70. The minimum atomic E-state index is -0.829. The van der Waals surface area contributed by atoms with Crippen LogP contribution in [-0.4, -0.2) is 27.5 Å². The molecule has 20 heavy (non-hydrogen) atoms. The molecule has 1 unspecified atom stereocenters. The summed E-state index contributed by atoms with van der Waals surface area (Å²) in [6.45, 7) is 0.0235. The number of carbonyl (C=O) groups excluding carboxylic acids is 1. The van der Waals surface area contributed by atoms with E-state index in [-0.39, 0.29) is 18.1 Å². The zero-order chi connectivity index (χ0) is 14.5. The second-order valence-corrected chi connectivity index (χ2v) is 4.15. The Morgan fingerprint density at radius 3 is 2.60 bits per heavy atom. The van der Waals surface area contributed by atoms with Gasteiger partial charge in [-0.15, -0.1) is 0 Å². The summed E-state index contributed by atoms with van der Waals surface area (Å²) >= 11 is 0. The number of benzene rings is 1. The summed E-state index contributed by atoms with van der Waals surface area (Å²) in [5.74, 6) is -0.758. The summed E-state index contributed by atoms with van der Waals surface area (Å²) in [4.78, 5) is 24.0. The number of hydrogen-bond donors (Lipinski definition) is 3. The molecule has 7 heteroatoms. The zero-order valence-electron chi connectivity index (χ0n) is 10.4. The third-order valence-electron chi connectivity index (χ3n) is 2.75. The first-order valence-electron chi connectivity index (χ1n) is 5.92. The number of aromatic amines is 1. The Hall–Kier alpha value is -2.67. The average molecular weight is 275 g/mol.